The normalized spacial score (nSPS) is 12.2. The third-order valence-corrected chi connectivity index (χ3v) is 3.50. The van der Waals surface area contributed by atoms with E-state index in [0.29, 0.717) is 22.3 Å². The quantitative estimate of drug-likeness (QED) is 0.869. The van der Waals surface area contributed by atoms with E-state index in [9.17, 15) is 4.39 Å². The predicted octanol–water partition coefficient (Wildman–Crippen LogP) is 4.55. The van der Waals surface area contributed by atoms with Crippen molar-refractivity contribution in [2.75, 3.05) is 11.9 Å². The summed E-state index contributed by atoms with van der Waals surface area (Å²) >= 11 is 11.8. The number of rotatable bonds is 4. The zero-order chi connectivity index (χ0) is 14.7. The molecule has 0 aromatic heterocycles. The van der Waals surface area contributed by atoms with Gasteiger partial charge in [0.1, 0.15) is 5.82 Å². The van der Waals surface area contributed by atoms with Crippen LogP contribution in [0, 0.1) is 12.7 Å². The lowest BCUT2D eigenvalue weighted by Gasteiger charge is -2.21. The monoisotopic (exact) mass is 312 g/mol. The summed E-state index contributed by atoms with van der Waals surface area (Å²) in [6.07, 6.45) is 0. The molecule has 0 aliphatic rings. The van der Waals surface area contributed by atoms with Gasteiger partial charge < -0.3 is 11.1 Å². The molecule has 2 rings (SSSR count). The first kappa shape index (κ1) is 15.1. The molecule has 0 radical (unpaired) electrons. The number of benzene rings is 2. The number of nitrogens with two attached hydrogens (primary N) is 1. The highest BCUT2D eigenvalue weighted by Crippen LogP contribution is 2.26. The molecule has 0 amide bonds. The van der Waals surface area contributed by atoms with Gasteiger partial charge in [-0.05, 0) is 48.4 Å². The van der Waals surface area contributed by atoms with Crippen molar-refractivity contribution in [3.05, 3.63) is 63.4 Å². The molecule has 0 saturated carbocycles. The second-order valence-electron chi connectivity index (χ2n) is 4.59. The van der Waals surface area contributed by atoms with Crippen LogP contribution in [0.3, 0.4) is 0 Å². The molecule has 0 heterocycles. The van der Waals surface area contributed by atoms with Gasteiger partial charge in [0.05, 0.1) is 6.04 Å². The summed E-state index contributed by atoms with van der Waals surface area (Å²) in [5, 5.41) is 4.21. The largest absolute Gasteiger partial charge is 0.377 e. The maximum Gasteiger partial charge on any atom is 0.126 e. The van der Waals surface area contributed by atoms with Crippen molar-refractivity contribution in [3.8, 4) is 0 Å². The van der Waals surface area contributed by atoms with Crippen LogP contribution in [-0.4, -0.2) is 6.54 Å². The first-order valence-corrected chi connectivity index (χ1v) is 6.94. The Labute approximate surface area is 127 Å². The lowest BCUT2D eigenvalue weighted by Crippen LogP contribution is -2.21. The van der Waals surface area contributed by atoms with E-state index in [1.54, 1.807) is 6.07 Å². The molecule has 5 heteroatoms. The van der Waals surface area contributed by atoms with Gasteiger partial charge in [0, 0.05) is 22.3 Å². The van der Waals surface area contributed by atoms with Crippen LogP contribution in [0.1, 0.15) is 17.2 Å². The minimum absolute atomic E-state index is 0.134. The highest BCUT2D eigenvalue weighted by molar-refractivity contribution is 6.31. The van der Waals surface area contributed by atoms with E-state index < -0.39 is 0 Å². The SMILES string of the molecule is Cc1cc(Cl)ccc1C(CN)Nc1cc(F)cc(Cl)c1. The number of anilines is 1. The lowest BCUT2D eigenvalue weighted by atomic mass is 10.0. The molecule has 3 N–H and O–H groups in total. The minimum Gasteiger partial charge on any atom is -0.377 e. The molecule has 2 nitrogen and oxygen atoms in total. The zero-order valence-corrected chi connectivity index (χ0v) is 12.5. The lowest BCUT2D eigenvalue weighted by molar-refractivity contribution is 0.627. The Bertz CT molecular complexity index is 597. The highest BCUT2D eigenvalue weighted by Gasteiger charge is 2.13. The van der Waals surface area contributed by atoms with Gasteiger partial charge in [0.2, 0.25) is 0 Å². The van der Waals surface area contributed by atoms with Crippen LogP contribution in [0.4, 0.5) is 10.1 Å². The molecule has 0 aliphatic heterocycles. The Morgan fingerprint density at radius 1 is 1.15 bits per heavy atom. The van der Waals surface area contributed by atoms with E-state index in [-0.39, 0.29) is 11.9 Å². The first-order chi connectivity index (χ1) is 9.49. The molecule has 20 heavy (non-hydrogen) atoms. The maximum absolute atomic E-state index is 13.3. The van der Waals surface area contributed by atoms with Crippen molar-refractivity contribution in [3.63, 3.8) is 0 Å². The van der Waals surface area contributed by atoms with Crippen molar-refractivity contribution >= 4 is 28.9 Å². The topological polar surface area (TPSA) is 38.0 Å². The van der Waals surface area contributed by atoms with Gasteiger partial charge in [-0.1, -0.05) is 29.3 Å². The fourth-order valence-electron chi connectivity index (χ4n) is 2.13. The molecule has 106 valence electrons. The fourth-order valence-corrected chi connectivity index (χ4v) is 2.58. The van der Waals surface area contributed by atoms with Crippen LogP contribution in [0.2, 0.25) is 10.0 Å². The molecule has 0 saturated heterocycles. The van der Waals surface area contributed by atoms with Crippen LogP contribution in [-0.2, 0) is 0 Å². The van der Waals surface area contributed by atoms with Crippen molar-refractivity contribution in [2.45, 2.75) is 13.0 Å². The molecule has 1 unspecified atom stereocenters. The summed E-state index contributed by atoms with van der Waals surface area (Å²) in [6.45, 7) is 2.33. The van der Waals surface area contributed by atoms with Crippen LogP contribution >= 0.6 is 23.2 Å². The summed E-state index contributed by atoms with van der Waals surface area (Å²) in [5.74, 6) is -0.386. The highest BCUT2D eigenvalue weighted by atomic mass is 35.5. The molecule has 0 bridgehead atoms. The summed E-state index contributed by atoms with van der Waals surface area (Å²) in [6, 6.07) is 9.79. The van der Waals surface area contributed by atoms with Gasteiger partial charge in [-0.3, -0.25) is 0 Å². The number of halogens is 3. The van der Waals surface area contributed by atoms with Gasteiger partial charge >= 0.3 is 0 Å². The van der Waals surface area contributed by atoms with E-state index in [2.05, 4.69) is 5.32 Å². The van der Waals surface area contributed by atoms with Gasteiger partial charge in [0.15, 0.2) is 0 Å². The maximum atomic E-state index is 13.3. The number of hydrogen-bond donors (Lipinski definition) is 2. The molecule has 0 fully saturated rings. The minimum atomic E-state index is -0.386. The molecular formula is C15H15Cl2FN2. The molecule has 0 aliphatic carbocycles. The summed E-state index contributed by atoms with van der Waals surface area (Å²) in [7, 11) is 0. The average Bonchev–Trinajstić information content (AvgIpc) is 2.35. The zero-order valence-electron chi connectivity index (χ0n) is 11.0. The second kappa shape index (κ2) is 6.44. The summed E-state index contributed by atoms with van der Waals surface area (Å²) in [4.78, 5) is 0. The van der Waals surface area contributed by atoms with Crippen LogP contribution in [0.25, 0.3) is 0 Å². The molecule has 1 atom stereocenters. The third-order valence-electron chi connectivity index (χ3n) is 3.05. The first-order valence-electron chi connectivity index (χ1n) is 6.18. The van der Waals surface area contributed by atoms with E-state index in [4.69, 9.17) is 28.9 Å². The Hall–Kier alpha value is -1.29. The molecule has 2 aromatic carbocycles. The van der Waals surface area contributed by atoms with Gasteiger partial charge in [0.25, 0.3) is 0 Å². The molecule has 0 spiro atoms. The van der Waals surface area contributed by atoms with E-state index in [0.717, 1.165) is 11.1 Å². The van der Waals surface area contributed by atoms with Crippen LogP contribution < -0.4 is 11.1 Å². The smallest absolute Gasteiger partial charge is 0.126 e. The summed E-state index contributed by atoms with van der Waals surface area (Å²) in [5.41, 5.74) is 8.47. The summed E-state index contributed by atoms with van der Waals surface area (Å²) < 4.78 is 13.3. The van der Waals surface area contributed by atoms with Crippen LogP contribution in [0.15, 0.2) is 36.4 Å². The third kappa shape index (κ3) is 3.63. The van der Waals surface area contributed by atoms with Crippen molar-refractivity contribution in [1.82, 2.24) is 0 Å². The van der Waals surface area contributed by atoms with Gasteiger partial charge in [-0.15, -0.1) is 0 Å². The number of aryl methyl sites for hydroxylation is 1. The van der Waals surface area contributed by atoms with E-state index >= 15 is 0 Å². The molecular weight excluding hydrogens is 298 g/mol. The van der Waals surface area contributed by atoms with E-state index in [1.165, 1.54) is 12.1 Å². The van der Waals surface area contributed by atoms with Crippen LogP contribution in [0.5, 0.6) is 0 Å². The van der Waals surface area contributed by atoms with Crippen molar-refractivity contribution in [1.29, 1.82) is 0 Å². The molecule has 2 aromatic rings. The average molecular weight is 313 g/mol. The number of hydrogen-bond acceptors (Lipinski definition) is 2. The Morgan fingerprint density at radius 3 is 2.50 bits per heavy atom. The Morgan fingerprint density at radius 2 is 1.90 bits per heavy atom. The predicted molar refractivity (Wildman–Crippen MR) is 83.0 cm³/mol. The second-order valence-corrected chi connectivity index (χ2v) is 5.46. The van der Waals surface area contributed by atoms with Gasteiger partial charge in [-0.25, -0.2) is 4.39 Å². The van der Waals surface area contributed by atoms with Crippen molar-refractivity contribution in [2.24, 2.45) is 5.73 Å². The Balaban J connectivity index is 2.28. The number of nitrogens with one attached hydrogen (secondary N) is 1. The van der Waals surface area contributed by atoms with Crippen molar-refractivity contribution < 1.29 is 4.39 Å². The van der Waals surface area contributed by atoms with Gasteiger partial charge in [-0.2, -0.15) is 0 Å². The fraction of sp³-hybridized carbons (Fsp3) is 0.200. The van der Waals surface area contributed by atoms with E-state index in [1.807, 2.05) is 25.1 Å². The Kier molecular flexibility index (Phi) is 4.86. The standard InChI is InChI=1S/C15H15Cl2FN2/c1-9-4-10(16)2-3-14(9)15(8-19)20-13-6-11(17)5-12(18)7-13/h2-7,15,20H,8,19H2,1H3.